The maximum Gasteiger partial charge on any atom is 0.292 e. The molecule has 3 rings (SSSR count). The number of anilines is 1. The summed E-state index contributed by atoms with van der Waals surface area (Å²) in [5.41, 5.74) is 0.800. The summed E-state index contributed by atoms with van der Waals surface area (Å²) in [6.07, 6.45) is 4.84. The van der Waals surface area contributed by atoms with E-state index in [0.717, 1.165) is 38.8 Å². The van der Waals surface area contributed by atoms with Crippen LogP contribution in [0.4, 0.5) is 11.4 Å². The number of quaternary nitrogens is 1. The number of rotatable bonds is 6. The Morgan fingerprint density at radius 2 is 1.89 bits per heavy atom. The Balaban J connectivity index is 1.48. The van der Waals surface area contributed by atoms with Crippen molar-refractivity contribution in [3.63, 3.8) is 0 Å². The molecule has 1 aromatic rings. The number of hydrogen-bond donors (Lipinski definition) is 2. The van der Waals surface area contributed by atoms with Crippen molar-refractivity contribution in [3.05, 3.63) is 34.4 Å². The molecule has 0 saturated carbocycles. The molecule has 27 heavy (non-hydrogen) atoms. The van der Waals surface area contributed by atoms with Crippen LogP contribution in [0.1, 0.15) is 39.0 Å². The smallest absolute Gasteiger partial charge is 0.292 e. The lowest BCUT2D eigenvalue weighted by Crippen LogP contribution is -3.13. The van der Waals surface area contributed by atoms with Crippen LogP contribution in [0, 0.1) is 16.0 Å². The van der Waals surface area contributed by atoms with Crippen molar-refractivity contribution in [1.82, 2.24) is 5.32 Å². The predicted octanol–water partition coefficient (Wildman–Crippen LogP) is 1.38. The molecule has 0 aromatic heterocycles. The first-order valence-corrected chi connectivity index (χ1v) is 10.2. The number of piperidine rings is 2. The van der Waals surface area contributed by atoms with E-state index in [1.165, 1.54) is 13.0 Å². The third-order valence-electron chi connectivity index (χ3n) is 5.93. The molecular formula is C20H31N4O3+. The number of carbonyl (C=O) groups is 1. The third-order valence-corrected chi connectivity index (χ3v) is 5.93. The molecule has 0 aliphatic carbocycles. The first-order valence-electron chi connectivity index (χ1n) is 10.2. The van der Waals surface area contributed by atoms with E-state index in [-0.39, 0.29) is 22.4 Å². The Labute approximate surface area is 160 Å². The van der Waals surface area contributed by atoms with Gasteiger partial charge in [0.15, 0.2) is 0 Å². The SMILES string of the molecule is CCC[NH+]1CCC(NC(=O)C2CCN(c3ccccc3[N+](=O)[O-])CC2)CC1. The van der Waals surface area contributed by atoms with Gasteiger partial charge in [0.1, 0.15) is 5.69 Å². The van der Waals surface area contributed by atoms with Gasteiger partial charge in [-0.15, -0.1) is 0 Å². The fraction of sp³-hybridized carbons (Fsp3) is 0.650. The highest BCUT2D eigenvalue weighted by atomic mass is 16.6. The van der Waals surface area contributed by atoms with Gasteiger partial charge < -0.3 is 15.1 Å². The van der Waals surface area contributed by atoms with Crippen LogP contribution >= 0.6 is 0 Å². The first kappa shape index (κ1) is 19.6. The lowest BCUT2D eigenvalue weighted by molar-refractivity contribution is -0.905. The summed E-state index contributed by atoms with van der Waals surface area (Å²) in [6, 6.07) is 7.17. The number of hydrogen-bond acceptors (Lipinski definition) is 4. The van der Waals surface area contributed by atoms with E-state index in [0.29, 0.717) is 24.8 Å². The number of nitrogens with zero attached hydrogens (tertiary/aromatic N) is 2. The molecule has 0 bridgehead atoms. The lowest BCUT2D eigenvalue weighted by atomic mass is 9.94. The van der Waals surface area contributed by atoms with Crippen molar-refractivity contribution in [2.24, 2.45) is 5.92 Å². The number of para-hydroxylation sites is 2. The molecule has 1 amide bonds. The van der Waals surface area contributed by atoms with E-state index in [1.807, 2.05) is 11.0 Å². The molecule has 2 saturated heterocycles. The van der Waals surface area contributed by atoms with Crippen molar-refractivity contribution >= 4 is 17.3 Å². The predicted molar refractivity (Wildman–Crippen MR) is 105 cm³/mol. The van der Waals surface area contributed by atoms with Gasteiger partial charge in [0.2, 0.25) is 5.91 Å². The summed E-state index contributed by atoms with van der Waals surface area (Å²) >= 11 is 0. The summed E-state index contributed by atoms with van der Waals surface area (Å²) in [6.45, 7) is 7.11. The molecule has 0 spiro atoms. The number of carbonyl (C=O) groups excluding carboxylic acids is 1. The highest BCUT2D eigenvalue weighted by Crippen LogP contribution is 2.31. The Hall–Kier alpha value is -2.15. The van der Waals surface area contributed by atoms with E-state index in [2.05, 4.69) is 12.2 Å². The molecular weight excluding hydrogens is 344 g/mol. The topological polar surface area (TPSA) is 79.9 Å². The number of likely N-dealkylation sites (tertiary alicyclic amines) is 1. The Morgan fingerprint density at radius 3 is 2.52 bits per heavy atom. The van der Waals surface area contributed by atoms with Gasteiger partial charge in [-0.25, -0.2) is 0 Å². The van der Waals surface area contributed by atoms with Crippen molar-refractivity contribution in [2.75, 3.05) is 37.6 Å². The first-order chi connectivity index (χ1) is 13.1. The minimum absolute atomic E-state index is 0.0186. The van der Waals surface area contributed by atoms with Gasteiger partial charge in [-0.05, 0) is 25.3 Å². The second-order valence-corrected chi connectivity index (χ2v) is 7.79. The van der Waals surface area contributed by atoms with Gasteiger partial charge in [-0.3, -0.25) is 14.9 Å². The highest BCUT2D eigenvalue weighted by molar-refractivity contribution is 5.79. The molecule has 2 fully saturated rings. The van der Waals surface area contributed by atoms with Crippen molar-refractivity contribution in [1.29, 1.82) is 0 Å². The van der Waals surface area contributed by atoms with E-state index >= 15 is 0 Å². The van der Waals surface area contributed by atoms with Gasteiger partial charge in [0, 0.05) is 44.0 Å². The molecule has 2 aliphatic rings. The summed E-state index contributed by atoms with van der Waals surface area (Å²) in [5.74, 6) is 0.186. The summed E-state index contributed by atoms with van der Waals surface area (Å²) < 4.78 is 0. The number of nitrogens with one attached hydrogen (secondary N) is 2. The molecule has 7 heteroatoms. The molecule has 0 atom stereocenters. The standard InChI is InChI=1S/C20H30N4O3/c1-2-11-22-12-9-17(10-13-22)21-20(25)16-7-14-23(15-8-16)18-5-3-4-6-19(18)24(26)27/h3-6,16-17H,2,7-15H2,1H3,(H,21,25)/p+1. The van der Waals surface area contributed by atoms with Gasteiger partial charge in [-0.2, -0.15) is 0 Å². The van der Waals surface area contributed by atoms with Crippen LogP contribution in [-0.2, 0) is 4.79 Å². The van der Waals surface area contributed by atoms with Gasteiger partial charge in [0.05, 0.1) is 24.6 Å². The summed E-state index contributed by atoms with van der Waals surface area (Å²) in [7, 11) is 0. The molecule has 7 nitrogen and oxygen atoms in total. The summed E-state index contributed by atoms with van der Waals surface area (Å²) in [4.78, 5) is 27.2. The van der Waals surface area contributed by atoms with E-state index < -0.39 is 0 Å². The van der Waals surface area contributed by atoms with Gasteiger partial charge in [-0.1, -0.05) is 19.1 Å². The van der Waals surface area contributed by atoms with Crippen LogP contribution in [0.25, 0.3) is 0 Å². The van der Waals surface area contributed by atoms with Crippen LogP contribution in [0.2, 0.25) is 0 Å². The molecule has 2 aliphatic heterocycles. The number of nitro benzene ring substituents is 1. The Morgan fingerprint density at radius 1 is 1.22 bits per heavy atom. The number of benzene rings is 1. The lowest BCUT2D eigenvalue weighted by Gasteiger charge is -2.34. The van der Waals surface area contributed by atoms with Crippen LogP contribution in [0.15, 0.2) is 24.3 Å². The van der Waals surface area contributed by atoms with E-state index in [4.69, 9.17) is 0 Å². The molecule has 2 N–H and O–H groups in total. The zero-order valence-corrected chi connectivity index (χ0v) is 16.2. The third kappa shape index (κ3) is 4.97. The van der Waals surface area contributed by atoms with Gasteiger partial charge in [0.25, 0.3) is 5.69 Å². The second-order valence-electron chi connectivity index (χ2n) is 7.79. The van der Waals surface area contributed by atoms with Crippen LogP contribution in [0.5, 0.6) is 0 Å². The van der Waals surface area contributed by atoms with Crippen LogP contribution < -0.4 is 15.1 Å². The zero-order valence-electron chi connectivity index (χ0n) is 16.2. The highest BCUT2D eigenvalue weighted by Gasteiger charge is 2.30. The number of amides is 1. The van der Waals surface area contributed by atoms with Crippen molar-refractivity contribution in [2.45, 2.75) is 45.1 Å². The maximum atomic E-state index is 12.6. The molecule has 0 radical (unpaired) electrons. The molecule has 1 aromatic carbocycles. The van der Waals surface area contributed by atoms with Crippen LogP contribution in [-0.4, -0.2) is 49.6 Å². The molecule has 148 valence electrons. The van der Waals surface area contributed by atoms with Crippen molar-refractivity contribution in [3.8, 4) is 0 Å². The van der Waals surface area contributed by atoms with Gasteiger partial charge >= 0.3 is 0 Å². The zero-order chi connectivity index (χ0) is 19.2. The minimum Gasteiger partial charge on any atom is -0.366 e. The minimum atomic E-state index is -0.332. The molecule has 0 unspecified atom stereocenters. The second kappa shape index (κ2) is 9.17. The average molecular weight is 375 g/mol. The summed E-state index contributed by atoms with van der Waals surface area (Å²) in [5, 5.41) is 14.5. The largest absolute Gasteiger partial charge is 0.366 e. The fourth-order valence-corrected chi connectivity index (χ4v) is 4.36. The van der Waals surface area contributed by atoms with E-state index in [9.17, 15) is 14.9 Å². The molecule has 2 heterocycles. The number of nitro groups is 1. The van der Waals surface area contributed by atoms with Crippen LogP contribution in [0.3, 0.4) is 0 Å². The average Bonchev–Trinajstić information content (AvgIpc) is 2.70. The fourth-order valence-electron chi connectivity index (χ4n) is 4.36. The van der Waals surface area contributed by atoms with Crippen molar-refractivity contribution < 1.29 is 14.6 Å². The normalized spacial score (nSPS) is 23.8. The maximum absolute atomic E-state index is 12.6. The monoisotopic (exact) mass is 375 g/mol. The van der Waals surface area contributed by atoms with E-state index in [1.54, 1.807) is 23.1 Å². The quantitative estimate of drug-likeness (QED) is 0.582. The Kier molecular flexibility index (Phi) is 6.66. The Bertz CT molecular complexity index is 650.